The van der Waals surface area contributed by atoms with Gasteiger partial charge in [0.05, 0.1) is 23.3 Å². The SMILES string of the molecule is CCCn1nncc1C(O)c1cc(C)nnc1CC. The first kappa shape index (κ1) is 13.6. The quantitative estimate of drug-likeness (QED) is 0.881. The molecule has 6 nitrogen and oxygen atoms in total. The zero-order valence-electron chi connectivity index (χ0n) is 11.5. The molecule has 0 saturated heterocycles. The molecule has 0 radical (unpaired) electrons. The van der Waals surface area contributed by atoms with Crippen LogP contribution in [0.25, 0.3) is 0 Å². The third kappa shape index (κ3) is 2.78. The molecule has 0 aromatic carbocycles. The topological polar surface area (TPSA) is 76.7 Å². The average molecular weight is 261 g/mol. The van der Waals surface area contributed by atoms with Crippen molar-refractivity contribution >= 4 is 0 Å². The third-order valence-electron chi connectivity index (χ3n) is 3.02. The minimum Gasteiger partial charge on any atom is -0.382 e. The van der Waals surface area contributed by atoms with Gasteiger partial charge in [0.2, 0.25) is 0 Å². The van der Waals surface area contributed by atoms with E-state index < -0.39 is 6.10 Å². The summed E-state index contributed by atoms with van der Waals surface area (Å²) in [7, 11) is 0. The van der Waals surface area contributed by atoms with Crippen LogP contribution in [-0.4, -0.2) is 30.3 Å². The number of hydrogen-bond acceptors (Lipinski definition) is 5. The second-order valence-corrected chi connectivity index (χ2v) is 4.53. The van der Waals surface area contributed by atoms with Crippen molar-refractivity contribution in [2.75, 3.05) is 0 Å². The van der Waals surface area contributed by atoms with Crippen LogP contribution in [0, 0.1) is 6.92 Å². The number of rotatable bonds is 5. The first-order valence-electron chi connectivity index (χ1n) is 6.56. The van der Waals surface area contributed by atoms with Gasteiger partial charge < -0.3 is 5.11 Å². The minimum absolute atomic E-state index is 0.698. The van der Waals surface area contributed by atoms with E-state index in [2.05, 4.69) is 27.4 Å². The number of aliphatic hydroxyl groups is 1. The van der Waals surface area contributed by atoms with Gasteiger partial charge in [0, 0.05) is 12.1 Å². The fourth-order valence-electron chi connectivity index (χ4n) is 2.07. The Bertz CT molecular complexity index is 552. The Hall–Kier alpha value is -1.82. The molecule has 0 aliphatic carbocycles. The molecule has 0 aliphatic heterocycles. The van der Waals surface area contributed by atoms with E-state index in [9.17, 15) is 5.11 Å². The summed E-state index contributed by atoms with van der Waals surface area (Å²) in [6.07, 6.45) is 2.52. The van der Waals surface area contributed by atoms with Crippen LogP contribution in [0.3, 0.4) is 0 Å². The van der Waals surface area contributed by atoms with Gasteiger partial charge in [-0.05, 0) is 25.8 Å². The standard InChI is InChI=1S/C13H19N5O/c1-4-6-18-12(8-14-17-18)13(19)10-7-9(3)15-16-11(10)5-2/h7-8,13,19H,4-6H2,1-3H3. The molecule has 2 rings (SSSR count). The lowest BCUT2D eigenvalue weighted by molar-refractivity contribution is 0.205. The predicted octanol–water partition coefficient (Wildman–Crippen LogP) is 1.43. The van der Waals surface area contributed by atoms with Crippen LogP contribution in [0.1, 0.15) is 49.0 Å². The highest BCUT2D eigenvalue weighted by Crippen LogP contribution is 2.24. The van der Waals surface area contributed by atoms with Gasteiger partial charge in [-0.1, -0.05) is 19.1 Å². The second kappa shape index (κ2) is 5.88. The van der Waals surface area contributed by atoms with Gasteiger partial charge in [0.1, 0.15) is 6.10 Å². The molecule has 1 N–H and O–H groups in total. The molecule has 2 aromatic heterocycles. The highest BCUT2D eigenvalue weighted by atomic mass is 16.3. The molecule has 0 amide bonds. The van der Waals surface area contributed by atoms with Gasteiger partial charge in [-0.15, -0.1) is 5.10 Å². The summed E-state index contributed by atoms with van der Waals surface area (Å²) in [6.45, 7) is 6.67. The summed E-state index contributed by atoms with van der Waals surface area (Å²) in [5.41, 5.74) is 3.08. The van der Waals surface area contributed by atoms with Gasteiger partial charge in [-0.3, -0.25) is 0 Å². The number of aliphatic hydroxyl groups excluding tert-OH is 1. The Kier molecular flexibility index (Phi) is 4.21. The van der Waals surface area contributed by atoms with Crippen molar-refractivity contribution in [1.29, 1.82) is 0 Å². The molecule has 1 unspecified atom stereocenters. The summed E-state index contributed by atoms with van der Waals surface area (Å²) in [4.78, 5) is 0. The van der Waals surface area contributed by atoms with E-state index in [1.165, 1.54) is 0 Å². The molecular formula is C13H19N5O. The maximum Gasteiger partial charge on any atom is 0.124 e. The lowest BCUT2D eigenvalue weighted by atomic mass is 10.0. The summed E-state index contributed by atoms with van der Waals surface area (Å²) < 4.78 is 1.74. The molecule has 0 saturated carbocycles. The fourth-order valence-corrected chi connectivity index (χ4v) is 2.07. The number of aryl methyl sites for hydroxylation is 3. The van der Waals surface area contributed by atoms with Gasteiger partial charge >= 0.3 is 0 Å². The summed E-state index contributed by atoms with van der Waals surface area (Å²) in [5.74, 6) is 0. The Morgan fingerprint density at radius 3 is 2.79 bits per heavy atom. The van der Waals surface area contributed by atoms with Crippen molar-refractivity contribution in [1.82, 2.24) is 25.2 Å². The van der Waals surface area contributed by atoms with Crippen molar-refractivity contribution in [3.05, 3.63) is 34.9 Å². The molecule has 19 heavy (non-hydrogen) atoms. The maximum absolute atomic E-state index is 10.6. The summed E-state index contributed by atoms with van der Waals surface area (Å²) >= 11 is 0. The fraction of sp³-hybridized carbons (Fsp3) is 0.538. The highest BCUT2D eigenvalue weighted by molar-refractivity contribution is 5.29. The molecule has 1 atom stereocenters. The zero-order valence-corrected chi connectivity index (χ0v) is 11.5. The van der Waals surface area contributed by atoms with Crippen molar-refractivity contribution in [3.8, 4) is 0 Å². The molecule has 6 heteroatoms. The number of aromatic nitrogens is 5. The summed E-state index contributed by atoms with van der Waals surface area (Å²) in [5, 5.41) is 26.6. The summed E-state index contributed by atoms with van der Waals surface area (Å²) in [6, 6.07) is 1.87. The maximum atomic E-state index is 10.6. The largest absolute Gasteiger partial charge is 0.382 e. The van der Waals surface area contributed by atoms with Gasteiger partial charge in [0.25, 0.3) is 0 Å². The van der Waals surface area contributed by atoms with Crippen LogP contribution in [0.4, 0.5) is 0 Å². The molecular weight excluding hydrogens is 242 g/mol. The average Bonchev–Trinajstić information content (AvgIpc) is 2.86. The highest BCUT2D eigenvalue weighted by Gasteiger charge is 2.20. The number of nitrogens with zero attached hydrogens (tertiary/aromatic N) is 5. The van der Waals surface area contributed by atoms with E-state index in [4.69, 9.17) is 0 Å². The molecule has 0 aliphatic rings. The predicted molar refractivity (Wildman–Crippen MR) is 70.5 cm³/mol. The monoisotopic (exact) mass is 261 g/mol. The molecule has 102 valence electrons. The third-order valence-corrected chi connectivity index (χ3v) is 3.02. The van der Waals surface area contributed by atoms with Crippen molar-refractivity contribution in [3.63, 3.8) is 0 Å². The van der Waals surface area contributed by atoms with E-state index in [0.717, 1.165) is 36.3 Å². The Morgan fingerprint density at radius 2 is 2.11 bits per heavy atom. The molecule has 2 heterocycles. The van der Waals surface area contributed by atoms with Crippen LogP contribution in [0.5, 0.6) is 0 Å². The number of hydrogen-bond donors (Lipinski definition) is 1. The van der Waals surface area contributed by atoms with Crippen molar-refractivity contribution in [2.45, 2.75) is 46.3 Å². The Labute approximate surface area is 112 Å². The Balaban J connectivity index is 2.40. The smallest absolute Gasteiger partial charge is 0.124 e. The first-order valence-corrected chi connectivity index (χ1v) is 6.56. The van der Waals surface area contributed by atoms with E-state index in [1.807, 2.05) is 19.9 Å². The van der Waals surface area contributed by atoms with Crippen molar-refractivity contribution < 1.29 is 5.11 Å². The Morgan fingerprint density at radius 1 is 1.32 bits per heavy atom. The van der Waals surface area contributed by atoms with Crippen molar-refractivity contribution in [2.24, 2.45) is 0 Å². The van der Waals surface area contributed by atoms with Crippen LogP contribution in [0.2, 0.25) is 0 Å². The molecule has 0 bridgehead atoms. The lowest BCUT2D eigenvalue weighted by Gasteiger charge is -2.15. The van der Waals surface area contributed by atoms with E-state index in [0.29, 0.717) is 5.69 Å². The molecule has 2 aromatic rings. The van der Waals surface area contributed by atoms with Crippen LogP contribution in [-0.2, 0) is 13.0 Å². The van der Waals surface area contributed by atoms with Gasteiger partial charge in [0.15, 0.2) is 0 Å². The molecule has 0 spiro atoms. The lowest BCUT2D eigenvalue weighted by Crippen LogP contribution is -2.13. The second-order valence-electron chi connectivity index (χ2n) is 4.53. The molecule has 0 fully saturated rings. The van der Waals surface area contributed by atoms with Crippen LogP contribution in [0.15, 0.2) is 12.3 Å². The van der Waals surface area contributed by atoms with E-state index >= 15 is 0 Å². The van der Waals surface area contributed by atoms with Gasteiger partial charge in [-0.2, -0.15) is 10.2 Å². The first-order chi connectivity index (χ1) is 9.17. The zero-order chi connectivity index (χ0) is 13.8. The van der Waals surface area contributed by atoms with E-state index in [-0.39, 0.29) is 0 Å². The van der Waals surface area contributed by atoms with Crippen LogP contribution < -0.4 is 0 Å². The minimum atomic E-state index is -0.759. The normalized spacial score (nSPS) is 12.6. The van der Waals surface area contributed by atoms with Gasteiger partial charge in [-0.25, -0.2) is 4.68 Å². The van der Waals surface area contributed by atoms with E-state index in [1.54, 1.807) is 10.9 Å². The van der Waals surface area contributed by atoms with Crippen LogP contribution >= 0.6 is 0 Å².